The van der Waals surface area contributed by atoms with Crippen molar-refractivity contribution in [2.75, 3.05) is 6.61 Å². The zero-order valence-corrected chi connectivity index (χ0v) is 16.5. The van der Waals surface area contributed by atoms with E-state index >= 15 is 0 Å². The molecule has 1 heterocycles. The van der Waals surface area contributed by atoms with Crippen LogP contribution >= 0.6 is 34.8 Å². The molecule has 0 fully saturated rings. The first-order valence-corrected chi connectivity index (χ1v) is 9.39. The van der Waals surface area contributed by atoms with E-state index in [4.69, 9.17) is 39.5 Å². The van der Waals surface area contributed by atoms with E-state index in [0.717, 1.165) is 24.4 Å². The fraction of sp³-hybridized carbons (Fsp3) is 0.500. The maximum Gasteiger partial charge on any atom is 0.0999 e. The van der Waals surface area contributed by atoms with Crippen molar-refractivity contribution >= 4 is 34.8 Å². The van der Waals surface area contributed by atoms with Gasteiger partial charge in [-0.05, 0) is 30.9 Å². The number of nitrogens with zero attached hydrogens (tertiary/aromatic N) is 2. The van der Waals surface area contributed by atoms with Gasteiger partial charge in [0.2, 0.25) is 0 Å². The lowest BCUT2D eigenvalue weighted by Gasteiger charge is -2.13. The van der Waals surface area contributed by atoms with Gasteiger partial charge in [-0.1, -0.05) is 62.0 Å². The molecule has 6 heteroatoms. The first-order chi connectivity index (χ1) is 11.5. The Morgan fingerprint density at radius 3 is 2.42 bits per heavy atom. The molecule has 0 spiro atoms. The summed E-state index contributed by atoms with van der Waals surface area (Å²) in [6.07, 6.45) is 4.89. The minimum absolute atomic E-state index is 0.493. The van der Waals surface area contributed by atoms with E-state index in [0.29, 0.717) is 33.3 Å². The Labute approximate surface area is 158 Å². The lowest BCUT2D eigenvalue weighted by Crippen LogP contribution is -2.08. The van der Waals surface area contributed by atoms with Crippen molar-refractivity contribution in [3.05, 3.63) is 44.9 Å². The number of aromatic nitrogens is 2. The van der Waals surface area contributed by atoms with E-state index in [1.807, 2.05) is 4.57 Å². The Morgan fingerprint density at radius 1 is 1.17 bits per heavy atom. The summed E-state index contributed by atoms with van der Waals surface area (Å²) in [6, 6.07) is 3.37. The van der Waals surface area contributed by atoms with E-state index in [1.54, 1.807) is 18.5 Å². The van der Waals surface area contributed by atoms with Crippen molar-refractivity contribution in [2.45, 2.75) is 46.6 Å². The third-order valence-electron chi connectivity index (χ3n) is 3.93. The Kier molecular flexibility index (Phi) is 7.42. The van der Waals surface area contributed by atoms with Gasteiger partial charge in [0.05, 0.1) is 34.4 Å². The van der Waals surface area contributed by atoms with Crippen LogP contribution in [0.1, 0.15) is 45.0 Å². The highest BCUT2D eigenvalue weighted by Crippen LogP contribution is 2.33. The molecule has 0 aliphatic carbocycles. The molecule has 0 bridgehead atoms. The minimum Gasteiger partial charge on any atom is -0.375 e. The van der Waals surface area contributed by atoms with Crippen LogP contribution in [0.4, 0.5) is 0 Å². The third kappa shape index (κ3) is 4.66. The van der Waals surface area contributed by atoms with Gasteiger partial charge >= 0.3 is 0 Å². The predicted molar refractivity (Wildman–Crippen MR) is 102 cm³/mol. The third-order valence-corrected chi connectivity index (χ3v) is 4.73. The van der Waals surface area contributed by atoms with Gasteiger partial charge in [-0.2, -0.15) is 0 Å². The Balaban J connectivity index is 2.21. The van der Waals surface area contributed by atoms with E-state index in [9.17, 15) is 0 Å². The topological polar surface area (TPSA) is 27.1 Å². The summed E-state index contributed by atoms with van der Waals surface area (Å²) in [5, 5.41) is 1.52. The van der Waals surface area contributed by atoms with Crippen molar-refractivity contribution in [2.24, 2.45) is 5.92 Å². The molecule has 0 saturated carbocycles. The highest BCUT2D eigenvalue weighted by atomic mass is 35.5. The molecule has 24 heavy (non-hydrogen) atoms. The minimum atomic E-state index is 0.493. The number of ether oxygens (including phenoxy) is 1. The predicted octanol–water partition coefficient (Wildman–Crippen LogP) is 6.35. The first kappa shape index (κ1) is 19.6. The summed E-state index contributed by atoms with van der Waals surface area (Å²) in [7, 11) is 0. The molecule has 0 N–H and O–H groups in total. The van der Waals surface area contributed by atoms with Gasteiger partial charge in [-0.15, -0.1) is 0 Å². The van der Waals surface area contributed by atoms with E-state index in [-0.39, 0.29) is 0 Å². The van der Waals surface area contributed by atoms with Crippen molar-refractivity contribution < 1.29 is 4.74 Å². The number of imidazole rings is 1. The molecule has 1 aromatic carbocycles. The van der Waals surface area contributed by atoms with Gasteiger partial charge < -0.3 is 4.74 Å². The smallest absolute Gasteiger partial charge is 0.0999 e. The van der Waals surface area contributed by atoms with Crippen LogP contribution in [0.25, 0.3) is 5.69 Å². The summed E-state index contributed by atoms with van der Waals surface area (Å²) in [6.45, 7) is 7.71. The molecule has 0 aliphatic rings. The number of benzene rings is 1. The molecule has 0 saturated heterocycles. The number of hydrogen-bond donors (Lipinski definition) is 0. The van der Waals surface area contributed by atoms with Crippen LogP contribution in [0.5, 0.6) is 0 Å². The van der Waals surface area contributed by atoms with Crippen LogP contribution in [-0.2, 0) is 17.8 Å². The fourth-order valence-corrected chi connectivity index (χ4v) is 3.80. The normalized spacial score (nSPS) is 12.6. The molecule has 2 aromatic rings. The van der Waals surface area contributed by atoms with Crippen LogP contribution < -0.4 is 0 Å². The second-order valence-corrected chi connectivity index (χ2v) is 7.24. The molecule has 0 amide bonds. The maximum absolute atomic E-state index is 6.34. The van der Waals surface area contributed by atoms with E-state index in [1.165, 1.54) is 12.8 Å². The number of hydrogen-bond acceptors (Lipinski definition) is 2. The molecule has 1 atom stereocenters. The molecular formula is C18H23Cl3N2O. The van der Waals surface area contributed by atoms with Gasteiger partial charge in [-0.25, -0.2) is 4.98 Å². The molecule has 0 aliphatic heterocycles. The highest BCUT2D eigenvalue weighted by molar-refractivity contribution is 6.40. The summed E-state index contributed by atoms with van der Waals surface area (Å²) in [4.78, 5) is 4.50. The Bertz CT molecular complexity index is 662. The van der Waals surface area contributed by atoms with Crippen LogP contribution in [0.15, 0.2) is 18.5 Å². The Morgan fingerprint density at radius 2 is 1.83 bits per heavy atom. The second kappa shape index (κ2) is 9.10. The molecule has 1 aromatic heterocycles. The van der Waals surface area contributed by atoms with E-state index in [2.05, 4.69) is 25.8 Å². The van der Waals surface area contributed by atoms with Crippen molar-refractivity contribution in [1.29, 1.82) is 0 Å². The zero-order chi connectivity index (χ0) is 17.7. The Hall–Kier alpha value is -0.740. The molecule has 1 unspecified atom stereocenters. The molecule has 0 radical (unpaired) electrons. The quantitative estimate of drug-likeness (QED) is 0.526. The average Bonchev–Trinajstić information content (AvgIpc) is 2.89. The zero-order valence-electron chi connectivity index (χ0n) is 14.3. The van der Waals surface area contributed by atoms with Gasteiger partial charge in [0.25, 0.3) is 0 Å². The van der Waals surface area contributed by atoms with Gasteiger partial charge in [0, 0.05) is 17.3 Å². The standard InChI is InChI=1S/C18H23Cl3N2O/c1-4-6-12(3)9-24-10-16-17(5-2)23(11-22-16)18-14(20)7-13(19)8-15(18)21/h7-8,11-12H,4-6,9-10H2,1-3H3. The first-order valence-electron chi connectivity index (χ1n) is 8.25. The maximum atomic E-state index is 6.34. The van der Waals surface area contributed by atoms with Crippen molar-refractivity contribution in [3.8, 4) is 5.69 Å². The number of halogens is 3. The van der Waals surface area contributed by atoms with E-state index < -0.39 is 0 Å². The van der Waals surface area contributed by atoms with Gasteiger partial charge in [0.1, 0.15) is 0 Å². The molecular weight excluding hydrogens is 367 g/mol. The van der Waals surface area contributed by atoms with Crippen molar-refractivity contribution in [1.82, 2.24) is 9.55 Å². The van der Waals surface area contributed by atoms with Crippen LogP contribution in [0.3, 0.4) is 0 Å². The second-order valence-electron chi connectivity index (χ2n) is 5.99. The highest BCUT2D eigenvalue weighted by Gasteiger charge is 2.16. The van der Waals surface area contributed by atoms with Gasteiger partial charge in [0.15, 0.2) is 0 Å². The fourth-order valence-electron chi connectivity index (χ4n) is 2.80. The summed E-state index contributed by atoms with van der Waals surface area (Å²) < 4.78 is 7.77. The SMILES string of the molecule is CCCC(C)COCc1ncn(-c2c(Cl)cc(Cl)cc2Cl)c1CC. The largest absolute Gasteiger partial charge is 0.375 e. The summed E-state index contributed by atoms with van der Waals surface area (Å²) in [5.74, 6) is 0.558. The summed E-state index contributed by atoms with van der Waals surface area (Å²) >= 11 is 18.7. The van der Waals surface area contributed by atoms with Crippen LogP contribution in [0.2, 0.25) is 15.1 Å². The number of rotatable bonds is 8. The van der Waals surface area contributed by atoms with Crippen LogP contribution in [-0.4, -0.2) is 16.2 Å². The lowest BCUT2D eigenvalue weighted by atomic mass is 10.1. The van der Waals surface area contributed by atoms with Crippen LogP contribution in [0, 0.1) is 5.92 Å². The molecule has 132 valence electrons. The molecule has 3 nitrogen and oxygen atoms in total. The average molecular weight is 390 g/mol. The van der Waals surface area contributed by atoms with Crippen molar-refractivity contribution in [3.63, 3.8) is 0 Å². The summed E-state index contributed by atoms with van der Waals surface area (Å²) in [5.41, 5.74) is 2.67. The lowest BCUT2D eigenvalue weighted by molar-refractivity contribution is 0.0869. The molecule has 2 rings (SSSR count). The van der Waals surface area contributed by atoms with Gasteiger partial charge in [-0.3, -0.25) is 4.57 Å². The monoisotopic (exact) mass is 388 g/mol.